The number of nitrogens with zero attached hydrogens (tertiary/aromatic N) is 2. The van der Waals surface area contributed by atoms with Crippen LogP contribution in [0.1, 0.15) is 0 Å². The van der Waals surface area contributed by atoms with Gasteiger partial charge in [-0.2, -0.15) is 0 Å². The number of oxazole rings is 1. The Morgan fingerprint density at radius 3 is 1.60 bits per heavy atom. The van der Waals surface area contributed by atoms with Gasteiger partial charge in [-0.15, -0.1) is 0 Å². The molecule has 0 radical (unpaired) electrons. The Kier molecular flexibility index (Phi) is 7.43. The minimum Gasteiger partial charge on any atom is -0.454 e. The summed E-state index contributed by atoms with van der Waals surface area (Å²) in [6.45, 7) is 0. The van der Waals surface area contributed by atoms with Crippen molar-refractivity contribution in [1.82, 2.24) is 4.98 Å². The van der Waals surface area contributed by atoms with Gasteiger partial charge in [-0.25, -0.2) is 4.98 Å². The van der Waals surface area contributed by atoms with E-state index >= 15 is 0 Å². The van der Waals surface area contributed by atoms with Crippen molar-refractivity contribution in [3.05, 3.63) is 194 Å². The zero-order valence-corrected chi connectivity index (χ0v) is 28.7. The summed E-state index contributed by atoms with van der Waals surface area (Å²) < 4.78 is 13.1. The molecule has 4 nitrogen and oxygen atoms in total. The van der Waals surface area contributed by atoms with Crippen molar-refractivity contribution in [2.75, 3.05) is 4.90 Å². The van der Waals surface area contributed by atoms with Crippen molar-refractivity contribution in [2.24, 2.45) is 0 Å². The van der Waals surface area contributed by atoms with Crippen molar-refractivity contribution < 1.29 is 8.83 Å². The van der Waals surface area contributed by atoms with Gasteiger partial charge >= 0.3 is 0 Å². The van der Waals surface area contributed by atoms with E-state index in [1.807, 2.05) is 48.5 Å². The lowest BCUT2D eigenvalue weighted by molar-refractivity contribution is 0.620. The second-order valence-electron chi connectivity index (χ2n) is 13.2. The molecule has 250 valence electrons. The molecule has 10 aromatic rings. The first-order valence-electron chi connectivity index (χ1n) is 17.8. The summed E-state index contributed by atoms with van der Waals surface area (Å²) in [5, 5.41) is 1.99. The van der Waals surface area contributed by atoms with Crippen LogP contribution in [0.5, 0.6) is 0 Å². The monoisotopic (exact) mass is 680 g/mol. The summed E-state index contributed by atoms with van der Waals surface area (Å²) in [6, 6.07) is 67.6. The van der Waals surface area contributed by atoms with Gasteiger partial charge in [-0.3, -0.25) is 0 Å². The molecule has 0 saturated heterocycles. The van der Waals surface area contributed by atoms with Crippen molar-refractivity contribution >= 4 is 50.1 Å². The second-order valence-corrected chi connectivity index (χ2v) is 13.2. The Morgan fingerprint density at radius 1 is 0.377 bits per heavy atom. The summed E-state index contributed by atoms with van der Waals surface area (Å²) in [5.74, 6) is 0.594. The van der Waals surface area contributed by atoms with Gasteiger partial charge in [0.1, 0.15) is 11.1 Å². The third kappa shape index (κ3) is 5.54. The maximum atomic E-state index is 6.81. The molecule has 0 unspecified atom stereocenters. The molecule has 0 fully saturated rings. The zero-order chi connectivity index (χ0) is 35.1. The molecule has 0 spiro atoms. The molecule has 0 saturated carbocycles. The van der Waals surface area contributed by atoms with Gasteiger partial charge in [0.05, 0.1) is 11.4 Å². The Morgan fingerprint density at radius 2 is 0.925 bits per heavy atom. The average Bonchev–Trinajstić information content (AvgIpc) is 3.83. The molecule has 0 amide bonds. The number of hydrogen-bond donors (Lipinski definition) is 0. The first-order valence-corrected chi connectivity index (χ1v) is 17.8. The Balaban J connectivity index is 1.14. The third-order valence-electron chi connectivity index (χ3n) is 9.93. The van der Waals surface area contributed by atoms with E-state index in [-0.39, 0.29) is 0 Å². The van der Waals surface area contributed by atoms with Crippen molar-refractivity contribution in [1.29, 1.82) is 0 Å². The standard InChI is InChI=1S/C49H32N2O2/c1-4-13-33(14-5-1)35-23-25-37(26-24-35)40-19-10-11-21-44(40)51(39-29-27-36(28-30-39)34-15-6-2-7-16-34)45-22-12-20-41-42-31-47-43(32-46(42)52-48(41)45)50-49(53-47)38-17-8-3-9-18-38/h1-32H. The van der Waals surface area contributed by atoms with Crippen molar-refractivity contribution in [3.8, 4) is 44.8 Å². The SMILES string of the molecule is c1ccc(-c2ccc(-c3ccccc3N(c3ccc(-c4ccccc4)cc3)c3cccc4c3oc3cc5nc(-c6ccccc6)oc5cc34)cc2)cc1. The minimum absolute atomic E-state index is 0.594. The summed E-state index contributed by atoms with van der Waals surface area (Å²) in [7, 11) is 0. The normalized spacial score (nSPS) is 11.4. The number of rotatable bonds is 7. The van der Waals surface area contributed by atoms with Crippen LogP contribution in [-0.2, 0) is 0 Å². The Hall–Kier alpha value is -7.17. The highest BCUT2D eigenvalue weighted by atomic mass is 16.4. The second kappa shape index (κ2) is 12.9. The molecule has 10 rings (SSSR count). The summed E-state index contributed by atoms with van der Waals surface area (Å²) in [6.07, 6.45) is 0. The van der Waals surface area contributed by atoms with Gasteiger partial charge in [-0.1, -0.05) is 146 Å². The lowest BCUT2D eigenvalue weighted by Crippen LogP contribution is -2.11. The highest BCUT2D eigenvalue weighted by Gasteiger charge is 2.23. The molecule has 0 aliphatic rings. The third-order valence-corrected chi connectivity index (χ3v) is 9.93. The van der Waals surface area contributed by atoms with E-state index in [0.717, 1.165) is 72.4 Å². The molecule has 8 aromatic carbocycles. The van der Waals surface area contributed by atoms with E-state index < -0.39 is 0 Å². The number of aromatic nitrogens is 1. The molecule has 0 aliphatic heterocycles. The van der Waals surface area contributed by atoms with E-state index in [1.54, 1.807) is 0 Å². The van der Waals surface area contributed by atoms with Crippen LogP contribution in [0.25, 0.3) is 77.9 Å². The smallest absolute Gasteiger partial charge is 0.227 e. The quantitative estimate of drug-likeness (QED) is 0.168. The summed E-state index contributed by atoms with van der Waals surface area (Å²) in [4.78, 5) is 7.14. The van der Waals surface area contributed by atoms with Crippen molar-refractivity contribution in [3.63, 3.8) is 0 Å². The fraction of sp³-hybridized carbons (Fsp3) is 0. The van der Waals surface area contributed by atoms with Crippen LogP contribution in [0.2, 0.25) is 0 Å². The molecule has 2 aromatic heterocycles. The van der Waals surface area contributed by atoms with E-state index in [2.05, 4.69) is 150 Å². The number of fused-ring (bicyclic) bond motifs is 4. The maximum Gasteiger partial charge on any atom is 0.227 e. The average molecular weight is 681 g/mol. The van der Waals surface area contributed by atoms with Crippen LogP contribution >= 0.6 is 0 Å². The first kappa shape index (κ1) is 30.6. The number of anilines is 3. The molecular formula is C49H32N2O2. The van der Waals surface area contributed by atoms with Crippen LogP contribution < -0.4 is 4.90 Å². The van der Waals surface area contributed by atoms with Crippen LogP contribution in [0.15, 0.2) is 203 Å². The van der Waals surface area contributed by atoms with Gasteiger partial charge in [0.15, 0.2) is 11.2 Å². The molecule has 0 N–H and O–H groups in total. The van der Waals surface area contributed by atoms with Gasteiger partial charge < -0.3 is 13.7 Å². The zero-order valence-electron chi connectivity index (χ0n) is 28.7. The van der Waals surface area contributed by atoms with Gasteiger partial charge in [0.25, 0.3) is 0 Å². The minimum atomic E-state index is 0.594. The molecule has 4 heteroatoms. The molecule has 53 heavy (non-hydrogen) atoms. The number of benzene rings is 8. The predicted octanol–water partition coefficient (Wildman–Crippen LogP) is 13.9. The summed E-state index contributed by atoms with van der Waals surface area (Å²) in [5.41, 5.74) is 13.9. The van der Waals surface area contributed by atoms with Gasteiger partial charge in [0, 0.05) is 33.7 Å². The van der Waals surface area contributed by atoms with Crippen molar-refractivity contribution in [2.45, 2.75) is 0 Å². The Labute approximate surface area is 306 Å². The first-order chi connectivity index (χ1) is 26.3. The van der Waals surface area contributed by atoms with Crippen LogP contribution in [-0.4, -0.2) is 4.98 Å². The fourth-order valence-corrected chi connectivity index (χ4v) is 7.31. The van der Waals surface area contributed by atoms with E-state index in [1.165, 1.54) is 16.7 Å². The van der Waals surface area contributed by atoms with Crippen LogP contribution in [0, 0.1) is 0 Å². The van der Waals surface area contributed by atoms with Gasteiger partial charge in [0.2, 0.25) is 5.89 Å². The highest BCUT2D eigenvalue weighted by Crippen LogP contribution is 2.46. The fourth-order valence-electron chi connectivity index (χ4n) is 7.31. The highest BCUT2D eigenvalue weighted by molar-refractivity contribution is 6.13. The maximum absolute atomic E-state index is 6.81. The van der Waals surface area contributed by atoms with E-state index in [4.69, 9.17) is 13.8 Å². The topological polar surface area (TPSA) is 42.4 Å². The number of hydrogen-bond acceptors (Lipinski definition) is 4. The molecular weight excluding hydrogens is 649 g/mol. The van der Waals surface area contributed by atoms with Crippen LogP contribution in [0.3, 0.4) is 0 Å². The molecule has 0 aliphatic carbocycles. The van der Waals surface area contributed by atoms with Gasteiger partial charge in [-0.05, 0) is 70.3 Å². The van der Waals surface area contributed by atoms with E-state index in [0.29, 0.717) is 5.89 Å². The number of furan rings is 1. The van der Waals surface area contributed by atoms with Crippen LogP contribution in [0.4, 0.5) is 17.1 Å². The predicted molar refractivity (Wildman–Crippen MR) is 218 cm³/mol. The molecule has 2 heterocycles. The molecule has 0 bridgehead atoms. The lowest BCUT2D eigenvalue weighted by Gasteiger charge is -2.28. The lowest BCUT2D eigenvalue weighted by atomic mass is 9.98. The largest absolute Gasteiger partial charge is 0.454 e. The summed E-state index contributed by atoms with van der Waals surface area (Å²) >= 11 is 0. The molecule has 0 atom stereocenters. The van der Waals surface area contributed by atoms with E-state index in [9.17, 15) is 0 Å². The number of para-hydroxylation sites is 2. The Bertz CT molecular complexity index is 2860.